The minimum atomic E-state index is -0.460. The van der Waals surface area contributed by atoms with Crippen LogP contribution in [0.3, 0.4) is 0 Å². The number of aryl methyl sites for hydroxylation is 1. The Hall–Kier alpha value is -1.42. The Morgan fingerprint density at radius 1 is 1.56 bits per heavy atom. The molecule has 1 aliphatic rings. The first-order chi connectivity index (χ1) is 8.47. The first-order valence-electron chi connectivity index (χ1n) is 6.24. The van der Waals surface area contributed by atoms with E-state index in [1.807, 2.05) is 6.92 Å². The van der Waals surface area contributed by atoms with E-state index >= 15 is 0 Å². The molecule has 0 aliphatic heterocycles. The van der Waals surface area contributed by atoms with E-state index in [4.69, 9.17) is 5.73 Å². The zero-order valence-electron chi connectivity index (χ0n) is 10.8. The Bertz CT molecular complexity index is 467. The van der Waals surface area contributed by atoms with Crippen molar-refractivity contribution >= 4 is 11.6 Å². The van der Waals surface area contributed by atoms with Gasteiger partial charge in [-0.2, -0.15) is 0 Å². The molecule has 18 heavy (non-hydrogen) atoms. The molecule has 0 bridgehead atoms. The monoisotopic (exact) mass is 250 g/mol. The maximum atomic E-state index is 13.2. The van der Waals surface area contributed by atoms with Gasteiger partial charge >= 0.3 is 0 Å². The molecule has 1 aromatic rings. The zero-order chi connectivity index (χ0) is 13.3. The Kier molecular flexibility index (Phi) is 3.39. The molecule has 0 unspecified atom stereocenters. The van der Waals surface area contributed by atoms with Crippen LogP contribution in [0.4, 0.5) is 10.1 Å². The fourth-order valence-corrected chi connectivity index (χ4v) is 2.70. The van der Waals surface area contributed by atoms with Crippen LogP contribution < -0.4 is 11.1 Å². The molecular weight excluding hydrogens is 231 g/mol. The van der Waals surface area contributed by atoms with E-state index in [0.29, 0.717) is 18.2 Å². The van der Waals surface area contributed by atoms with E-state index in [1.165, 1.54) is 12.1 Å². The van der Waals surface area contributed by atoms with Crippen molar-refractivity contribution in [2.45, 2.75) is 26.7 Å². The second kappa shape index (κ2) is 4.69. The Morgan fingerprint density at radius 3 is 2.78 bits per heavy atom. The van der Waals surface area contributed by atoms with Crippen LogP contribution in [-0.2, 0) is 4.79 Å². The maximum absolute atomic E-state index is 13.2. The SMILES string of the molecule is Cc1ccc(F)cc1NC(=O)C1(CN)CC(C)C1. The molecule has 1 saturated carbocycles. The lowest BCUT2D eigenvalue weighted by atomic mass is 9.62. The maximum Gasteiger partial charge on any atom is 0.231 e. The molecule has 4 heteroatoms. The van der Waals surface area contributed by atoms with E-state index in [0.717, 1.165) is 18.4 Å². The Labute approximate surface area is 107 Å². The summed E-state index contributed by atoms with van der Waals surface area (Å²) in [5, 5.41) is 2.81. The van der Waals surface area contributed by atoms with Gasteiger partial charge in [0.15, 0.2) is 0 Å². The molecule has 98 valence electrons. The van der Waals surface area contributed by atoms with Crippen molar-refractivity contribution in [3.63, 3.8) is 0 Å². The standard InChI is InChI=1S/C14H19FN2O/c1-9-6-14(7-9,8-16)13(18)17-12-5-11(15)4-3-10(12)2/h3-5,9H,6-8,16H2,1-2H3,(H,17,18). The summed E-state index contributed by atoms with van der Waals surface area (Å²) in [4.78, 5) is 12.2. The highest BCUT2D eigenvalue weighted by Gasteiger charge is 2.47. The number of halogens is 1. The zero-order valence-corrected chi connectivity index (χ0v) is 10.8. The highest BCUT2D eigenvalue weighted by atomic mass is 19.1. The van der Waals surface area contributed by atoms with Gasteiger partial charge in [-0.3, -0.25) is 4.79 Å². The van der Waals surface area contributed by atoms with Crippen molar-refractivity contribution < 1.29 is 9.18 Å². The Balaban J connectivity index is 2.14. The van der Waals surface area contributed by atoms with Crippen molar-refractivity contribution in [1.29, 1.82) is 0 Å². The summed E-state index contributed by atoms with van der Waals surface area (Å²) in [7, 11) is 0. The van der Waals surface area contributed by atoms with Gasteiger partial charge in [0, 0.05) is 12.2 Å². The van der Waals surface area contributed by atoms with Gasteiger partial charge in [-0.25, -0.2) is 4.39 Å². The largest absolute Gasteiger partial charge is 0.329 e. The van der Waals surface area contributed by atoms with E-state index in [1.54, 1.807) is 6.07 Å². The van der Waals surface area contributed by atoms with Crippen LogP contribution in [0.2, 0.25) is 0 Å². The summed E-state index contributed by atoms with van der Waals surface area (Å²) < 4.78 is 13.2. The number of anilines is 1. The molecule has 1 aliphatic carbocycles. The number of hydrogen-bond donors (Lipinski definition) is 2. The van der Waals surface area contributed by atoms with Crippen LogP contribution in [0.15, 0.2) is 18.2 Å². The van der Waals surface area contributed by atoms with Crippen molar-refractivity contribution in [3.8, 4) is 0 Å². The summed E-state index contributed by atoms with van der Waals surface area (Å²) in [6.07, 6.45) is 1.62. The number of nitrogens with two attached hydrogens (primary N) is 1. The normalized spacial score (nSPS) is 26.6. The van der Waals surface area contributed by atoms with E-state index in [2.05, 4.69) is 12.2 Å². The van der Waals surface area contributed by atoms with Gasteiger partial charge in [0.2, 0.25) is 5.91 Å². The van der Waals surface area contributed by atoms with Crippen LogP contribution in [0.5, 0.6) is 0 Å². The molecule has 0 aromatic heterocycles. The van der Waals surface area contributed by atoms with Crippen LogP contribution >= 0.6 is 0 Å². The van der Waals surface area contributed by atoms with Crippen molar-refractivity contribution in [2.24, 2.45) is 17.1 Å². The lowest BCUT2D eigenvalue weighted by Crippen LogP contribution is -2.51. The minimum absolute atomic E-state index is 0.0863. The van der Waals surface area contributed by atoms with E-state index in [9.17, 15) is 9.18 Å². The average molecular weight is 250 g/mol. The third-order valence-electron chi connectivity index (χ3n) is 3.80. The van der Waals surface area contributed by atoms with Crippen molar-refractivity contribution in [1.82, 2.24) is 0 Å². The number of rotatable bonds is 3. The molecule has 0 radical (unpaired) electrons. The number of carbonyl (C=O) groups is 1. The van der Waals surface area contributed by atoms with Gasteiger partial charge in [-0.1, -0.05) is 13.0 Å². The first-order valence-corrected chi connectivity index (χ1v) is 6.24. The average Bonchev–Trinajstić information content (AvgIpc) is 2.29. The molecule has 0 atom stereocenters. The number of carbonyl (C=O) groups excluding carboxylic acids is 1. The predicted molar refractivity (Wildman–Crippen MR) is 69.7 cm³/mol. The molecule has 1 aromatic carbocycles. The van der Waals surface area contributed by atoms with Crippen LogP contribution in [0.25, 0.3) is 0 Å². The molecule has 3 N–H and O–H groups in total. The quantitative estimate of drug-likeness (QED) is 0.865. The third kappa shape index (κ3) is 2.25. The van der Waals surface area contributed by atoms with Gasteiger partial charge in [-0.05, 0) is 43.4 Å². The van der Waals surface area contributed by atoms with Gasteiger partial charge in [-0.15, -0.1) is 0 Å². The lowest BCUT2D eigenvalue weighted by molar-refractivity contribution is -0.132. The highest BCUT2D eigenvalue weighted by molar-refractivity contribution is 5.96. The number of benzene rings is 1. The highest BCUT2D eigenvalue weighted by Crippen LogP contribution is 2.45. The van der Waals surface area contributed by atoms with Gasteiger partial charge < -0.3 is 11.1 Å². The van der Waals surface area contributed by atoms with Crippen LogP contribution in [-0.4, -0.2) is 12.5 Å². The summed E-state index contributed by atoms with van der Waals surface area (Å²) in [6.45, 7) is 4.29. The van der Waals surface area contributed by atoms with Gasteiger partial charge in [0.05, 0.1) is 5.41 Å². The van der Waals surface area contributed by atoms with Crippen LogP contribution in [0.1, 0.15) is 25.3 Å². The van der Waals surface area contributed by atoms with E-state index in [-0.39, 0.29) is 11.7 Å². The van der Waals surface area contributed by atoms with Gasteiger partial charge in [0.1, 0.15) is 5.82 Å². The molecule has 0 heterocycles. The van der Waals surface area contributed by atoms with Crippen molar-refractivity contribution in [3.05, 3.63) is 29.6 Å². The summed E-state index contributed by atoms with van der Waals surface area (Å²) in [6, 6.07) is 4.39. The van der Waals surface area contributed by atoms with Crippen LogP contribution in [0, 0.1) is 24.1 Å². The third-order valence-corrected chi connectivity index (χ3v) is 3.80. The second-order valence-electron chi connectivity index (χ2n) is 5.41. The van der Waals surface area contributed by atoms with Crippen molar-refractivity contribution in [2.75, 3.05) is 11.9 Å². The number of nitrogens with one attached hydrogen (secondary N) is 1. The Morgan fingerprint density at radius 2 is 2.22 bits per heavy atom. The fourth-order valence-electron chi connectivity index (χ4n) is 2.70. The molecule has 0 spiro atoms. The second-order valence-corrected chi connectivity index (χ2v) is 5.41. The smallest absolute Gasteiger partial charge is 0.231 e. The summed E-state index contributed by atoms with van der Waals surface area (Å²) >= 11 is 0. The topological polar surface area (TPSA) is 55.1 Å². The number of hydrogen-bond acceptors (Lipinski definition) is 2. The molecule has 2 rings (SSSR count). The fraction of sp³-hybridized carbons (Fsp3) is 0.500. The van der Waals surface area contributed by atoms with E-state index < -0.39 is 5.41 Å². The minimum Gasteiger partial charge on any atom is -0.329 e. The molecular formula is C14H19FN2O. The molecule has 0 saturated heterocycles. The first kappa shape index (κ1) is 13.0. The lowest BCUT2D eigenvalue weighted by Gasteiger charge is -2.44. The van der Waals surface area contributed by atoms with Gasteiger partial charge in [0.25, 0.3) is 0 Å². The molecule has 3 nitrogen and oxygen atoms in total. The summed E-state index contributed by atoms with van der Waals surface area (Å²) in [5.41, 5.74) is 6.64. The predicted octanol–water partition coefficient (Wildman–Crippen LogP) is 2.45. The summed E-state index contributed by atoms with van der Waals surface area (Å²) in [5.74, 6) is 0.101. The molecule has 1 fully saturated rings. The molecule has 1 amide bonds. The number of amides is 1.